The summed E-state index contributed by atoms with van der Waals surface area (Å²) in [7, 11) is 0. The van der Waals surface area contributed by atoms with Gasteiger partial charge in [0.25, 0.3) is 0 Å². The Hall–Kier alpha value is -1.06. The van der Waals surface area contributed by atoms with Gasteiger partial charge >= 0.3 is 0 Å². The molecule has 16 heavy (non-hydrogen) atoms. The van der Waals surface area contributed by atoms with Crippen LogP contribution in [0.4, 0.5) is 5.69 Å². The van der Waals surface area contributed by atoms with E-state index in [1.54, 1.807) is 0 Å². The van der Waals surface area contributed by atoms with Crippen molar-refractivity contribution in [2.45, 2.75) is 12.3 Å². The van der Waals surface area contributed by atoms with Crippen molar-refractivity contribution in [3.05, 3.63) is 28.8 Å². The predicted octanol–water partition coefficient (Wildman–Crippen LogP) is 1.99. The number of anilines is 1. The molecule has 84 valence electrons. The van der Waals surface area contributed by atoms with Gasteiger partial charge in [-0.15, -0.1) is 0 Å². The standard InChI is InChI=1S/C12H13ClN2O/c13-7-1-2-11-9(5-7)8-3-4-14-6-10(8)12(16)15-11/h1-2,5,8,10,14H,3-4,6H2,(H,15,16). The van der Waals surface area contributed by atoms with Gasteiger partial charge in [0.2, 0.25) is 5.91 Å². The first-order chi connectivity index (χ1) is 7.75. The number of amides is 1. The molecule has 0 bridgehead atoms. The van der Waals surface area contributed by atoms with E-state index in [4.69, 9.17) is 11.6 Å². The molecule has 1 amide bonds. The van der Waals surface area contributed by atoms with Crippen LogP contribution in [0.15, 0.2) is 18.2 Å². The second-order valence-corrected chi connectivity index (χ2v) is 4.86. The molecule has 2 aliphatic rings. The maximum atomic E-state index is 11.9. The molecule has 2 N–H and O–H groups in total. The van der Waals surface area contributed by atoms with Crippen molar-refractivity contribution >= 4 is 23.2 Å². The Bertz CT molecular complexity index is 447. The van der Waals surface area contributed by atoms with Gasteiger partial charge < -0.3 is 10.6 Å². The minimum Gasteiger partial charge on any atom is -0.326 e. The number of hydrogen-bond donors (Lipinski definition) is 2. The van der Waals surface area contributed by atoms with Crippen LogP contribution in [0.25, 0.3) is 0 Å². The smallest absolute Gasteiger partial charge is 0.229 e. The first-order valence-electron chi connectivity index (χ1n) is 5.57. The molecule has 1 saturated heterocycles. The third kappa shape index (κ3) is 1.51. The molecule has 2 atom stereocenters. The second-order valence-electron chi connectivity index (χ2n) is 4.43. The summed E-state index contributed by atoms with van der Waals surface area (Å²) in [6.07, 6.45) is 1.01. The van der Waals surface area contributed by atoms with E-state index in [1.807, 2.05) is 18.2 Å². The van der Waals surface area contributed by atoms with Crippen LogP contribution < -0.4 is 10.6 Å². The molecule has 3 rings (SSSR count). The van der Waals surface area contributed by atoms with Crippen molar-refractivity contribution < 1.29 is 4.79 Å². The lowest BCUT2D eigenvalue weighted by molar-refractivity contribution is -0.121. The van der Waals surface area contributed by atoms with Gasteiger partial charge in [0.15, 0.2) is 0 Å². The number of benzene rings is 1. The van der Waals surface area contributed by atoms with Gasteiger partial charge in [-0.3, -0.25) is 4.79 Å². The minimum absolute atomic E-state index is 0.0553. The number of fused-ring (bicyclic) bond motifs is 3. The van der Waals surface area contributed by atoms with Gasteiger partial charge in [-0.25, -0.2) is 0 Å². The zero-order valence-corrected chi connectivity index (χ0v) is 9.55. The van der Waals surface area contributed by atoms with E-state index < -0.39 is 0 Å². The van der Waals surface area contributed by atoms with Gasteiger partial charge in [-0.1, -0.05) is 11.6 Å². The highest BCUT2D eigenvalue weighted by atomic mass is 35.5. The molecule has 0 aliphatic carbocycles. The number of carbonyl (C=O) groups is 1. The van der Waals surface area contributed by atoms with E-state index in [0.717, 1.165) is 30.2 Å². The van der Waals surface area contributed by atoms with Gasteiger partial charge in [0, 0.05) is 23.2 Å². The lowest BCUT2D eigenvalue weighted by atomic mass is 9.77. The molecule has 0 saturated carbocycles. The Morgan fingerprint density at radius 1 is 1.31 bits per heavy atom. The Morgan fingerprint density at radius 3 is 3.06 bits per heavy atom. The third-order valence-corrected chi connectivity index (χ3v) is 3.72. The molecule has 2 heterocycles. The van der Waals surface area contributed by atoms with Gasteiger partial charge in [0.05, 0.1) is 5.92 Å². The van der Waals surface area contributed by atoms with Crippen molar-refractivity contribution in [2.75, 3.05) is 18.4 Å². The van der Waals surface area contributed by atoms with Crippen LogP contribution in [0.3, 0.4) is 0 Å². The van der Waals surface area contributed by atoms with Gasteiger partial charge in [0.1, 0.15) is 0 Å². The van der Waals surface area contributed by atoms with E-state index in [-0.39, 0.29) is 11.8 Å². The van der Waals surface area contributed by atoms with Crippen LogP contribution in [0.5, 0.6) is 0 Å². The Balaban J connectivity index is 2.07. The van der Waals surface area contributed by atoms with Crippen LogP contribution in [-0.2, 0) is 4.79 Å². The fraction of sp³-hybridized carbons (Fsp3) is 0.417. The fourth-order valence-corrected chi connectivity index (χ4v) is 2.87. The highest BCUT2D eigenvalue weighted by Crippen LogP contribution is 2.40. The molecule has 0 spiro atoms. The second kappa shape index (κ2) is 3.75. The van der Waals surface area contributed by atoms with E-state index in [0.29, 0.717) is 5.92 Å². The third-order valence-electron chi connectivity index (χ3n) is 3.49. The number of carbonyl (C=O) groups excluding carboxylic acids is 1. The Labute approximate surface area is 99.2 Å². The van der Waals surface area contributed by atoms with Crippen molar-refractivity contribution in [3.63, 3.8) is 0 Å². The summed E-state index contributed by atoms with van der Waals surface area (Å²) in [5.74, 6) is 0.510. The van der Waals surface area contributed by atoms with Gasteiger partial charge in [-0.2, -0.15) is 0 Å². The molecule has 0 aromatic heterocycles. The van der Waals surface area contributed by atoms with Crippen molar-refractivity contribution in [2.24, 2.45) is 5.92 Å². The molecule has 1 aromatic carbocycles. The summed E-state index contributed by atoms with van der Waals surface area (Å²) in [6.45, 7) is 1.74. The largest absolute Gasteiger partial charge is 0.326 e. The lowest BCUT2D eigenvalue weighted by Crippen LogP contribution is -2.44. The van der Waals surface area contributed by atoms with Crippen LogP contribution in [0.1, 0.15) is 17.9 Å². The summed E-state index contributed by atoms with van der Waals surface area (Å²) >= 11 is 6.02. The van der Waals surface area contributed by atoms with Crippen LogP contribution in [0.2, 0.25) is 5.02 Å². The van der Waals surface area contributed by atoms with Crippen LogP contribution >= 0.6 is 11.6 Å². The Morgan fingerprint density at radius 2 is 2.19 bits per heavy atom. The average Bonchev–Trinajstić information content (AvgIpc) is 2.31. The summed E-state index contributed by atoms with van der Waals surface area (Å²) in [6, 6.07) is 5.70. The fourth-order valence-electron chi connectivity index (χ4n) is 2.69. The highest BCUT2D eigenvalue weighted by molar-refractivity contribution is 6.30. The van der Waals surface area contributed by atoms with Crippen molar-refractivity contribution in [1.29, 1.82) is 0 Å². The zero-order valence-electron chi connectivity index (χ0n) is 8.79. The number of nitrogens with one attached hydrogen (secondary N) is 2. The molecule has 1 fully saturated rings. The monoisotopic (exact) mass is 236 g/mol. The maximum absolute atomic E-state index is 11.9. The van der Waals surface area contributed by atoms with Crippen molar-refractivity contribution in [1.82, 2.24) is 5.32 Å². The first kappa shape index (κ1) is 10.1. The normalized spacial score (nSPS) is 27.9. The summed E-state index contributed by atoms with van der Waals surface area (Å²) in [5, 5.41) is 6.96. The summed E-state index contributed by atoms with van der Waals surface area (Å²) in [5.41, 5.74) is 2.12. The molecule has 4 heteroatoms. The summed E-state index contributed by atoms with van der Waals surface area (Å²) in [4.78, 5) is 11.9. The highest BCUT2D eigenvalue weighted by Gasteiger charge is 2.37. The van der Waals surface area contributed by atoms with E-state index >= 15 is 0 Å². The van der Waals surface area contributed by atoms with Crippen LogP contribution in [-0.4, -0.2) is 19.0 Å². The quantitative estimate of drug-likeness (QED) is 0.723. The minimum atomic E-state index is 0.0553. The number of rotatable bonds is 0. The average molecular weight is 237 g/mol. The Kier molecular flexibility index (Phi) is 2.37. The zero-order chi connectivity index (χ0) is 11.1. The maximum Gasteiger partial charge on any atom is 0.229 e. The predicted molar refractivity (Wildman–Crippen MR) is 63.8 cm³/mol. The van der Waals surface area contributed by atoms with E-state index in [2.05, 4.69) is 10.6 Å². The van der Waals surface area contributed by atoms with Gasteiger partial charge in [-0.05, 0) is 36.7 Å². The molecule has 2 aliphatic heterocycles. The molecular formula is C12H13ClN2O. The molecule has 2 unspecified atom stereocenters. The summed E-state index contributed by atoms with van der Waals surface area (Å²) < 4.78 is 0. The number of halogens is 1. The molecular weight excluding hydrogens is 224 g/mol. The van der Waals surface area contributed by atoms with Crippen LogP contribution in [0, 0.1) is 5.92 Å². The molecule has 0 radical (unpaired) electrons. The number of hydrogen-bond acceptors (Lipinski definition) is 2. The van der Waals surface area contributed by atoms with Crippen molar-refractivity contribution in [3.8, 4) is 0 Å². The molecule has 3 nitrogen and oxygen atoms in total. The van der Waals surface area contributed by atoms with E-state index in [1.165, 1.54) is 5.56 Å². The lowest BCUT2D eigenvalue weighted by Gasteiger charge is -2.36. The SMILES string of the molecule is O=C1Nc2ccc(Cl)cc2C2CCNCC12. The topological polar surface area (TPSA) is 41.1 Å². The number of piperidine rings is 1. The first-order valence-corrected chi connectivity index (χ1v) is 5.94. The van der Waals surface area contributed by atoms with E-state index in [9.17, 15) is 4.79 Å². The molecule has 1 aromatic rings.